The fourth-order valence-corrected chi connectivity index (χ4v) is 1.77. The minimum atomic E-state index is -2.81. The monoisotopic (exact) mass is 192 g/mol. The first-order valence-corrected chi connectivity index (χ1v) is 4.35. The van der Waals surface area contributed by atoms with Crippen molar-refractivity contribution in [2.24, 2.45) is 5.41 Å². The molecule has 0 spiro atoms. The van der Waals surface area contributed by atoms with Crippen molar-refractivity contribution in [3.05, 3.63) is 0 Å². The van der Waals surface area contributed by atoms with Gasteiger partial charge in [0.05, 0.1) is 11.5 Å². The minimum Gasteiger partial charge on any atom is -0.392 e. The van der Waals surface area contributed by atoms with Crippen molar-refractivity contribution >= 4 is 5.78 Å². The van der Waals surface area contributed by atoms with Crippen LogP contribution in [0.3, 0.4) is 0 Å². The van der Waals surface area contributed by atoms with Gasteiger partial charge in [0.25, 0.3) is 0 Å². The predicted molar refractivity (Wildman–Crippen MR) is 43.6 cm³/mol. The Balaban J connectivity index is 2.88. The van der Waals surface area contributed by atoms with E-state index in [9.17, 15) is 18.7 Å². The molecule has 4 heteroatoms. The maximum absolute atomic E-state index is 13.0. The first-order chi connectivity index (χ1) is 5.78. The van der Waals surface area contributed by atoms with Crippen molar-refractivity contribution in [2.45, 2.75) is 45.1 Å². The van der Waals surface area contributed by atoms with E-state index in [1.165, 1.54) is 13.8 Å². The molecular formula is C9H14F2O2. The van der Waals surface area contributed by atoms with Crippen LogP contribution in [-0.4, -0.2) is 22.9 Å². The van der Waals surface area contributed by atoms with E-state index in [0.29, 0.717) is 0 Å². The Morgan fingerprint density at radius 1 is 1.54 bits per heavy atom. The fraction of sp³-hybridized carbons (Fsp3) is 0.889. The second-order valence-corrected chi connectivity index (χ2v) is 4.06. The summed E-state index contributed by atoms with van der Waals surface area (Å²) >= 11 is 0. The average molecular weight is 192 g/mol. The molecule has 0 radical (unpaired) electrons. The molecule has 0 heterocycles. The Morgan fingerprint density at radius 3 is 2.46 bits per heavy atom. The summed E-state index contributed by atoms with van der Waals surface area (Å²) in [5.74, 6) is -3.17. The number of Topliss-reactive ketones (excluding diaryl/α,β-unsaturated/α-hetero) is 1. The van der Waals surface area contributed by atoms with Gasteiger partial charge < -0.3 is 5.11 Å². The van der Waals surface area contributed by atoms with Crippen molar-refractivity contribution in [1.29, 1.82) is 0 Å². The summed E-state index contributed by atoms with van der Waals surface area (Å²) < 4.78 is 25.9. The third-order valence-electron chi connectivity index (χ3n) is 2.95. The van der Waals surface area contributed by atoms with E-state index in [1.54, 1.807) is 0 Å². The number of carbonyl (C=O) groups is 1. The standard InChI is InChI=1S/C9H14F2O2/c1-6(12)8(2)5-9(10,11)4-3-7(8)13/h7,13H,3-5H2,1-2H3. The van der Waals surface area contributed by atoms with Crippen molar-refractivity contribution in [3.63, 3.8) is 0 Å². The van der Waals surface area contributed by atoms with E-state index in [1.807, 2.05) is 0 Å². The fourth-order valence-electron chi connectivity index (χ4n) is 1.77. The summed E-state index contributed by atoms with van der Waals surface area (Å²) in [6.45, 7) is 2.66. The van der Waals surface area contributed by atoms with Gasteiger partial charge in [-0.25, -0.2) is 8.78 Å². The topological polar surface area (TPSA) is 37.3 Å². The number of ketones is 1. The van der Waals surface area contributed by atoms with Crippen LogP contribution in [0.1, 0.15) is 33.1 Å². The molecule has 2 nitrogen and oxygen atoms in total. The third-order valence-corrected chi connectivity index (χ3v) is 2.95. The molecule has 0 aromatic carbocycles. The highest BCUT2D eigenvalue weighted by molar-refractivity contribution is 5.82. The number of hydrogen-bond donors (Lipinski definition) is 1. The van der Waals surface area contributed by atoms with Crippen LogP contribution in [0.2, 0.25) is 0 Å². The Hall–Kier alpha value is -0.510. The second kappa shape index (κ2) is 3.01. The zero-order valence-electron chi connectivity index (χ0n) is 7.81. The van der Waals surface area contributed by atoms with Crippen LogP contribution < -0.4 is 0 Å². The molecule has 0 bridgehead atoms. The molecule has 1 aliphatic rings. The van der Waals surface area contributed by atoms with Gasteiger partial charge >= 0.3 is 0 Å². The minimum absolute atomic E-state index is 0.00306. The van der Waals surface area contributed by atoms with E-state index >= 15 is 0 Å². The molecule has 2 atom stereocenters. The number of rotatable bonds is 1. The molecule has 0 aromatic heterocycles. The van der Waals surface area contributed by atoms with Gasteiger partial charge in [-0.2, -0.15) is 0 Å². The van der Waals surface area contributed by atoms with E-state index in [4.69, 9.17) is 0 Å². The molecule has 1 saturated carbocycles. The number of aliphatic hydroxyl groups excluding tert-OH is 1. The van der Waals surface area contributed by atoms with Crippen molar-refractivity contribution in [3.8, 4) is 0 Å². The van der Waals surface area contributed by atoms with Crippen LogP contribution in [0.25, 0.3) is 0 Å². The molecule has 1 aliphatic carbocycles. The molecule has 1 rings (SSSR count). The molecule has 2 unspecified atom stereocenters. The SMILES string of the molecule is CC(=O)C1(C)CC(F)(F)CCC1O. The lowest BCUT2D eigenvalue weighted by Crippen LogP contribution is -2.47. The lowest BCUT2D eigenvalue weighted by Gasteiger charge is -2.40. The van der Waals surface area contributed by atoms with Gasteiger partial charge in [0.15, 0.2) is 0 Å². The summed E-state index contributed by atoms with van der Waals surface area (Å²) in [6.07, 6.45) is -1.78. The summed E-state index contributed by atoms with van der Waals surface area (Å²) in [4.78, 5) is 11.1. The van der Waals surface area contributed by atoms with Gasteiger partial charge in [-0.05, 0) is 20.3 Å². The summed E-state index contributed by atoms with van der Waals surface area (Å²) in [5, 5.41) is 9.48. The number of hydrogen-bond acceptors (Lipinski definition) is 2. The summed E-state index contributed by atoms with van der Waals surface area (Å²) in [5.41, 5.74) is -1.26. The smallest absolute Gasteiger partial charge is 0.249 e. The maximum atomic E-state index is 13.0. The first kappa shape index (κ1) is 10.6. The van der Waals surface area contributed by atoms with Crippen LogP contribution in [-0.2, 0) is 4.79 Å². The molecule has 0 amide bonds. The molecule has 0 aromatic rings. The van der Waals surface area contributed by atoms with E-state index in [0.717, 1.165) is 0 Å². The number of alkyl halides is 2. The predicted octanol–water partition coefficient (Wildman–Crippen LogP) is 1.76. The zero-order valence-corrected chi connectivity index (χ0v) is 7.81. The Morgan fingerprint density at radius 2 is 2.08 bits per heavy atom. The van der Waals surface area contributed by atoms with Gasteiger partial charge in [-0.1, -0.05) is 0 Å². The molecule has 0 saturated heterocycles. The van der Waals surface area contributed by atoms with Crippen molar-refractivity contribution in [2.75, 3.05) is 0 Å². The molecule has 1 fully saturated rings. The number of halogens is 2. The van der Waals surface area contributed by atoms with Gasteiger partial charge in [-0.15, -0.1) is 0 Å². The van der Waals surface area contributed by atoms with E-state index in [2.05, 4.69) is 0 Å². The maximum Gasteiger partial charge on any atom is 0.249 e. The normalized spacial score (nSPS) is 38.7. The van der Waals surface area contributed by atoms with Crippen LogP contribution >= 0.6 is 0 Å². The highest BCUT2D eigenvalue weighted by atomic mass is 19.3. The largest absolute Gasteiger partial charge is 0.392 e. The third kappa shape index (κ3) is 1.88. The van der Waals surface area contributed by atoms with Crippen molar-refractivity contribution < 1.29 is 18.7 Å². The van der Waals surface area contributed by atoms with E-state index in [-0.39, 0.29) is 18.6 Å². The summed E-state index contributed by atoms with van der Waals surface area (Å²) in [6, 6.07) is 0. The van der Waals surface area contributed by atoms with Crippen LogP contribution in [0.15, 0.2) is 0 Å². The van der Waals surface area contributed by atoms with Gasteiger partial charge in [0.2, 0.25) is 5.92 Å². The van der Waals surface area contributed by atoms with Gasteiger partial charge in [0, 0.05) is 12.8 Å². The molecule has 1 N–H and O–H groups in total. The number of aliphatic hydroxyl groups is 1. The quantitative estimate of drug-likeness (QED) is 0.687. The highest BCUT2D eigenvalue weighted by Crippen LogP contribution is 2.44. The van der Waals surface area contributed by atoms with Crippen LogP contribution in [0.5, 0.6) is 0 Å². The zero-order chi connectivity index (χ0) is 10.3. The van der Waals surface area contributed by atoms with Gasteiger partial charge in [-0.3, -0.25) is 4.79 Å². The molecule has 76 valence electrons. The summed E-state index contributed by atoms with van der Waals surface area (Å²) in [7, 11) is 0. The van der Waals surface area contributed by atoms with Crippen LogP contribution in [0.4, 0.5) is 8.78 Å². The van der Waals surface area contributed by atoms with Crippen LogP contribution in [0, 0.1) is 5.41 Å². The number of carbonyl (C=O) groups excluding carboxylic acids is 1. The lowest BCUT2D eigenvalue weighted by molar-refractivity contribution is -0.156. The molecular weight excluding hydrogens is 178 g/mol. The highest BCUT2D eigenvalue weighted by Gasteiger charge is 2.50. The van der Waals surface area contributed by atoms with Gasteiger partial charge in [0.1, 0.15) is 5.78 Å². The van der Waals surface area contributed by atoms with Crippen molar-refractivity contribution in [1.82, 2.24) is 0 Å². The Bertz CT molecular complexity index is 228. The first-order valence-electron chi connectivity index (χ1n) is 4.35. The Kier molecular flexibility index (Phi) is 2.45. The lowest BCUT2D eigenvalue weighted by atomic mass is 9.69. The molecule has 0 aliphatic heterocycles. The average Bonchev–Trinajstić information content (AvgIpc) is 1.97. The van der Waals surface area contributed by atoms with E-state index < -0.39 is 23.9 Å². The second-order valence-electron chi connectivity index (χ2n) is 4.06. The Labute approximate surface area is 75.9 Å². The molecule has 13 heavy (non-hydrogen) atoms.